The minimum Gasteiger partial charge on any atom is -0.492 e. The van der Waals surface area contributed by atoms with E-state index in [2.05, 4.69) is 32.0 Å². The Hall–Kier alpha value is -3.53. The maximum absolute atomic E-state index is 13.2. The first kappa shape index (κ1) is 25.6. The standard InChI is InChI=1S/C25H19BrCl2N4O4/c1-2-36-22-6-4-3-5-19(22)30-24(34)25(35)31-32-20-10-7-15(26)11-14(20)12-21(32)23(33)29-16-8-9-17(27)18(28)13-16/h3-13H,2H2,1H3,(H,29,33)(H,30,34)(H,31,35). The summed E-state index contributed by atoms with van der Waals surface area (Å²) in [7, 11) is 0. The summed E-state index contributed by atoms with van der Waals surface area (Å²) in [5.41, 5.74) is 3.86. The Balaban J connectivity index is 1.62. The number of anilines is 2. The predicted molar refractivity (Wildman–Crippen MR) is 145 cm³/mol. The van der Waals surface area contributed by atoms with Crippen molar-refractivity contribution in [2.24, 2.45) is 0 Å². The second-order valence-corrected chi connectivity index (χ2v) is 9.21. The smallest absolute Gasteiger partial charge is 0.328 e. The van der Waals surface area contributed by atoms with Crippen LogP contribution in [0, 0.1) is 0 Å². The molecular weight excluding hydrogens is 571 g/mol. The Labute approximate surface area is 224 Å². The fourth-order valence-electron chi connectivity index (χ4n) is 3.43. The molecule has 0 fully saturated rings. The molecule has 1 aromatic heterocycles. The number of fused-ring (bicyclic) bond motifs is 1. The lowest BCUT2D eigenvalue weighted by atomic mass is 10.2. The molecule has 0 unspecified atom stereocenters. The number of nitrogens with one attached hydrogen (secondary N) is 3. The molecule has 1 heterocycles. The number of hydrogen-bond acceptors (Lipinski definition) is 4. The average Bonchev–Trinajstić information content (AvgIpc) is 3.20. The number of carbonyl (C=O) groups is 3. The number of para-hydroxylation sites is 2. The Morgan fingerprint density at radius 1 is 0.917 bits per heavy atom. The van der Waals surface area contributed by atoms with E-state index in [9.17, 15) is 14.4 Å². The molecule has 0 atom stereocenters. The maximum atomic E-state index is 13.2. The highest BCUT2D eigenvalue weighted by atomic mass is 79.9. The van der Waals surface area contributed by atoms with E-state index in [1.807, 2.05) is 6.92 Å². The molecule has 3 aromatic carbocycles. The van der Waals surface area contributed by atoms with E-state index in [0.29, 0.717) is 39.7 Å². The first-order valence-electron chi connectivity index (χ1n) is 10.7. The number of nitrogens with zero attached hydrogens (tertiary/aromatic N) is 1. The van der Waals surface area contributed by atoms with Crippen LogP contribution in [-0.2, 0) is 9.59 Å². The minimum atomic E-state index is -0.981. The number of aromatic nitrogens is 1. The summed E-state index contributed by atoms with van der Waals surface area (Å²) in [6.45, 7) is 2.20. The lowest BCUT2D eigenvalue weighted by Crippen LogP contribution is -2.36. The lowest BCUT2D eigenvalue weighted by molar-refractivity contribution is -0.133. The van der Waals surface area contributed by atoms with Gasteiger partial charge in [-0.1, -0.05) is 51.3 Å². The summed E-state index contributed by atoms with van der Waals surface area (Å²) < 4.78 is 7.52. The molecule has 0 aliphatic carbocycles. The Bertz CT molecular complexity index is 1490. The molecular formula is C25H19BrCl2N4O4. The number of halogens is 3. The van der Waals surface area contributed by atoms with Crippen LogP contribution in [0.15, 0.2) is 71.2 Å². The minimum absolute atomic E-state index is 0.0880. The highest BCUT2D eigenvalue weighted by molar-refractivity contribution is 9.10. The molecule has 0 radical (unpaired) electrons. The van der Waals surface area contributed by atoms with E-state index in [1.54, 1.807) is 60.7 Å². The van der Waals surface area contributed by atoms with Crippen LogP contribution in [0.3, 0.4) is 0 Å². The SMILES string of the molecule is CCOc1ccccc1NC(=O)C(=O)Nn1c(C(=O)Nc2ccc(Cl)c(Cl)c2)cc2cc(Br)ccc21. The van der Waals surface area contributed by atoms with Crippen molar-refractivity contribution in [2.45, 2.75) is 6.92 Å². The summed E-state index contributed by atoms with van der Waals surface area (Å²) in [5.74, 6) is -2.02. The van der Waals surface area contributed by atoms with Crippen LogP contribution in [0.5, 0.6) is 5.75 Å². The quantitative estimate of drug-likeness (QED) is 0.238. The molecule has 0 aliphatic rings. The fourth-order valence-corrected chi connectivity index (χ4v) is 4.10. The van der Waals surface area contributed by atoms with E-state index < -0.39 is 17.7 Å². The highest BCUT2D eigenvalue weighted by Crippen LogP contribution is 2.27. The molecule has 0 bridgehead atoms. The molecule has 4 aromatic rings. The van der Waals surface area contributed by atoms with Crippen LogP contribution in [0.4, 0.5) is 11.4 Å². The van der Waals surface area contributed by atoms with Gasteiger partial charge in [0.05, 0.1) is 27.9 Å². The second kappa shape index (κ2) is 11.0. The Kier molecular flexibility index (Phi) is 7.83. The van der Waals surface area contributed by atoms with Crippen LogP contribution in [0.2, 0.25) is 10.0 Å². The molecule has 184 valence electrons. The zero-order valence-electron chi connectivity index (χ0n) is 18.8. The van der Waals surface area contributed by atoms with Crippen molar-refractivity contribution < 1.29 is 19.1 Å². The third kappa shape index (κ3) is 5.64. The van der Waals surface area contributed by atoms with Gasteiger partial charge in [0, 0.05) is 15.5 Å². The van der Waals surface area contributed by atoms with E-state index in [4.69, 9.17) is 27.9 Å². The third-order valence-corrected chi connectivity index (χ3v) is 6.26. The molecule has 0 saturated carbocycles. The second-order valence-electron chi connectivity index (χ2n) is 7.48. The summed E-state index contributed by atoms with van der Waals surface area (Å²) in [6.07, 6.45) is 0. The normalized spacial score (nSPS) is 10.7. The average molecular weight is 590 g/mol. The van der Waals surface area contributed by atoms with Gasteiger partial charge in [0.25, 0.3) is 5.91 Å². The summed E-state index contributed by atoms with van der Waals surface area (Å²) in [5, 5.41) is 6.54. The van der Waals surface area contributed by atoms with Crippen LogP contribution in [-0.4, -0.2) is 29.0 Å². The monoisotopic (exact) mass is 588 g/mol. The molecule has 0 saturated heterocycles. The molecule has 3 amide bonds. The zero-order chi connectivity index (χ0) is 25.8. The summed E-state index contributed by atoms with van der Waals surface area (Å²) in [6, 6.07) is 18.3. The topological polar surface area (TPSA) is 101 Å². The van der Waals surface area contributed by atoms with E-state index in [1.165, 1.54) is 10.7 Å². The van der Waals surface area contributed by atoms with Crippen molar-refractivity contribution in [3.8, 4) is 5.75 Å². The summed E-state index contributed by atoms with van der Waals surface area (Å²) >= 11 is 15.4. The van der Waals surface area contributed by atoms with Crippen molar-refractivity contribution >= 4 is 79.1 Å². The molecule has 8 nitrogen and oxygen atoms in total. The van der Waals surface area contributed by atoms with E-state index in [-0.39, 0.29) is 10.7 Å². The van der Waals surface area contributed by atoms with E-state index in [0.717, 1.165) is 4.47 Å². The van der Waals surface area contributed by atoms with Gasteiger partial charge in [-0.15, -0.1) is 0 Å². The number of rotatable bonds is 6. The van der Waals surface area contributed by atoms with Crippen molar-refractivity contribution in [1.82, 2.24) is 4.68 Å². The van der Waals surface area contributed by atoms with Crippen molar-refractivity contribution in [1.29, 1.82) is 0 Å². The van der Waals surface area contributed by atoms with Gasteiger partial charge in [-0.2, -0.15) is 0 Å². The first-order valence-corrected chi connectivity index (χ1v) is 12.2. The van der Waals surface area contributed by atoms with Crippen LogP contribution >= 0.6 is 39.1 Å². The Morgan fingerprint density at radius 2 is 1.69 bits per heavy atom. The van der Waals surface area contributed by atoms with Crippen LogP contribution in [0.25, 0.3) is 10.9 Å². The molecule has 0 aliphatic heterocycles. The Morgan fingerprint density at radius 3 is 2.44 bits per heavy atom. The third-order valence-electron chi connectivity index (χ3n) is 5.03. The van der Waals surface area contributed by atoms with E-state index >= 15 is 0 Å². The molecule has 3 N–H and O–H groups in total. The number of carbonyl (C=O) groups excluding carboxylic acids is 3. The van der Waals surface area contributed by atoms with Crippen molar-refractivity contribution in [2.75, 3.05) is 22.7 Å². The van der Waals surface area contributed by atoms with Gasteiger partial charge < -0.3 is 15.4 Å². The maximum Gasteiger partial charge on any atom is 0.328 e. The number of ether oxygens (including phenoxy) is 1. The first-order chi connectivity index (χ1) is 17.3. The highest BCUT2D eigenvalue weighted by Gasteiger charge is 2.22. The van der Waals surface area contributed by atoms with Crippen LogP contribution < -0.4 is 20.8 Å². The van der Waals surface area contributed by atoms with Gasteiger partial charge in [-0.05, 0) is 61.5 Å². The van der Waals surface area contributed by atoms with Gasteiger partial charge in [0.2, 0.25) is 0 Å². The number of benzene rings is 3. The van der Waals surface area contributed by atoms with Gasteiger partial charge in [-0.25, -0.2) is 4.68 Å². The van der Waals surface area contributed by atoms with Crippen molar-refractivity contribution in [3.05, 3.63) is 86.9 Å². The lowest BCUT2D eigenvalue weighted by Gasteiger charge is -2.14. The van der Waals surface area contributed by atoms with Gasteiger partial charge in [0.1, 0.15) is 11.4 Å². The van der Waals surface area contributed by atoms with Crippen LogP contribution in [0.1, 0.15) is 17.4 Å². The largest absolute Gasteiger partial charge is 0.492 e. The van der Waals surface area contributed by atoms with Gasteiger partial charge in [-0.3, -0.25) is 19.8 Å². The predicted octanol–water partition coefficient (Wildman–Crippen LogP) is 6.07. The van der Waals surface area contributed by atoms with Gasteiger partial charge in [0.15, 0.2) is 0 Å². The number of hydrogen-bond donors (Lipinski definition) is 3. The molecule has 4 rings (SSSR count). The summed E-state index contributed by atoms with van der Waals surface area (Å²) in [4.78, 5) is 38.7. The molecule has 11 heteroatoms. The fraction of sp³-hybridized carbons (Fsp3) is 0.0800. The molecule has 0 spiro atoms. The van der Waals surface area contributed by atoms with Gasteiger partial charge >= 0.3 is 11.8 Å². The molecule has 36 heavy (non-hydrogen) atoms. The number of amides is 3. The van der Waals surface area contributed by atoms with Crippen molar-refractivity contribution in [3.63, 3.8) is 0 Å². The zero-order valence-corrected chi connectivity index (χ0v) is 21.9.